The number of piperidine rings is 1. The zero-order valence-corrected chi connectivity index (χ0v) is 14.3. The molecule has 2 aromatic rings. The van der Waals surface area contributed by atoms with E-state index in [1.807, 2.05) is 6.07 Å². The van der Waals surface area contributed by atoms with E-state index in [0.29, 0.717) is 12.0 Å². The number of hydrogen-bond acceptors (Lipinski definition) is 4. The van der Waals surface area contributed by atoms with Crippen molar-refractivity contribution in [2.75, 3.05) is 4.90 Å². The van der Waals surface area contributed by atoms with E-state index < -0.39 is 0 Å². The normalized spacial score (nSPS) is 14.8. The molecular weight excluding hydrogens is 375 g/mol. The highest BCUT2D eigenvalue weighted by Gasteiger charge is 2.33. The SMILES string of the molecule is N#Cc1c(N2C(=O)CCCC2=O)n[nH]c1-c1ccc(Cl)c(Cl)c1Cl. The molecule has 24 heavy (non-hydrogen) atoms. The Bertz CT molecular complexity index is 885. The zero-order chi connectivity index (χ0) is 17.4. The first-order valence-electron chi connectivity index (χ1n) is 6.93. The van der Waals surface area contributed by atoms with E-state index in [1.54, 1.807) is 6.07 Å². The van der Waals surface area contributed by atoms with Gasteiger partial charge in [0.15, 0.2) is 5.82 Å². The van der Waals surface area contributed by atoms with Gasteiger partial charge in [-0.25, -0.2) is 4.90 Å². The number of benzene rings is 1. The van der Waals surface area contributed by atoms with Crippen molar-refractivity contribution in [1.29, 1.82) is 5.26 Å². The Hall–Kier alpha value is -2.07. The van der Waals surface area contributed by atoms with Gasteiger partial charge < -0.3 is 0 Å². The van der Waals surface area contributed by atoms with Crippen molar-refractivity contribution >= 4 is 52.4 Å². The van der Waals surface area contributed by atoms with Gasteiger partial charge in [0.05, 0.1) is 20.8 Å². The Labute approximate surface area is 151 Å². The maximum atomic E-state index is 12.1. The van der Waals surface area contributed by atoms with Crippen LogP contribution in [0, 0.1) is 11.3 Å². The van der Waals surface area contributed by atoms with Gasteiger partial charge in [0, 0.05) is 18.4 Å². The maximum Gasteiger partial charge on any atom is 0.235 e. The predicted molar refractivity (Wildman–Crippen MR) is 90.1 cm³/mol. The number of rotatable bonds is 2. The smallest absolute Gasteiger partial charge is 0.235 e. The Morgan fingerprint density at radius 2 is 1.79 bits per heavy atom. The Morgan fingerprint density at radius 1 is 1.12 bits per heavy atom. The Morgan fingerprint density at radius 3 is 2.42 bits per heavy atom. The topological polar surface area (TPSA) is 89.8 Å². The van der Waals surface area contributed by atoms with Crippen LogP contribution in [0.4, 0.5) is 5.82 Å². The van der Waals surface area contributed by atoms with Gasteiger partial charge in [-0.05, 0) is 18.6 Å². The van der Waals surface area contributed by atoms with Gasteiger partial charge >= 0.3 is 0 Å². The molecule has 2 heterocycles. The molecule has 6 nitrogen and oxygen atoms in total. The third-order valence-electron chi connectivity index (χ3n) is 3.66. The van der Waals surface area contributed by atoms with Gasteiger partial charge in [0.1, 0.15) is 11.6 Å². The molecule has 1 aliphatic rings. The number of H-pyrrole nitrogens is 1. The van der Waals surface area contributed by atoms with E-state index in [4.69, 9.17) is 34.8 Å². The van der Waals surface area contributed by atoms with Crippen molar-refractivity contribution in [2.24, 2.45) is 0 Å². The second-order valence-corrected chi connectivity index (χ2v) is 6.27. The second kappa shape index (κ2) is 6.44. The predicted octanol–water partition coefficient (Wildman–Crippen LogP) is 3.95. The number of nitrogens with one attached hydrogen (secondary N) is 1. The number of aromatic amines is 1. The molecule has 2 amide bonds. The monoisotopic (exact) mass is 382 g/mol. The number of carbonyl (C=O) groups excluding carboxylic acids is 2. The van der Waals surface area contributed by atoms with Crippen molar-refractivity contribution in [3.05, 3.63) is 32.8 Å². The first kappa shape index (κ1) is 16.8. The average Bonchev–Trinajstić information content (AvgIpc) is 2.96. The Kier molecular flexibility index (Phi) is 4.50. The fourth-order valence-corrected chi connectivity index (χ4v) is 3.13. The molecule has 9 heteroatoms. The molecule has 1 fully saturated rings. The number of carbonyl (C=O) groups is 2. The van der Waals surface area contributed by atoms with Gasteiger partial charge in [0.2, 0.25) is 11.8 Å². The number of hydrogen-bond donors (Lipinski definition) is 1. The molecule has 0 unspecified atom stereocenters. The molecule has 0 radical (unpaired) electrons. The molecule has 3 rings (SSSR count). The molecule has 1 aromatic heterocycles. The van der Waals surface area contributed by atoms with Crippen LogP contribution >= 0.6 is 34.8 Å². The van der Waals surface area contributed by atoms with Crippen LogP contribution in [-0.4, -0.2) is 22.0 Å². The standard InChI is InChI=1S/C15H9Cl3N4O2/c16-9-5-4-7(12(17)13(9)18)14-8(6-19)15(21-20-14)22-10(23)2-1-3-11(22)24/h4-5H,1-3H2,(H,20,21). The minimum Gasteiger partial charge on any atom is -0.274 e. The molecule has 0 atom stereocenters. The Balaban J connectivity index is 2.15. The van der Waals surface area contributed by atoms with Crippen molar-refractivity contribution in [3.8, 4) is 17.3 Å². The number of amides is 2. The summed E-state index contributed by atoms with van der Waals surface area (Å²) >= 11 is 18.1. The van der Waals surface area contributed by atoms with Crippen molar-refractivity contribution < 1.29 is 9.59 Å². The van der Waals surface area contributed by atoms with Crippen LogP contribution in [0.5, 0.6) is 0 Å². The highest BCUT2D eigenvalue weighted by Crippen LogP contribution is 2.40. The zero-order valence-electron chi connectivity index (χ0n) is 12.1. The summed E-state index contributed by atoms with van der Waals surface area (Å²) in [6.45, 7) is 0. The van der Waals surface area contributed by atoms with E-state index in [2.05, 4.69) is 10.2 Å². The first-order chi connectivity index (χ1) is 11.5. The van der Waals surface area contributed by atoms with Gasteiger partial charge in [-0.1, -0.05) is 34.8 Å². The molecule has 1 saturated heterocycles. The lowest BCUT2D eigenvalue weighted by molar-refractivity contribution is -0.129. The third kappa shape index (κ3) is 2.65. The number of nitrogens with zero attached hydrogens (tertiary/aromatic N) is 3. The molecule has 122 valence electrons. The quantitative estimate of drug-likeness (QED) is 0.628. The van der Waals surface area contributed by atoms with Crippen LogP contribution in [-0.2, 0) is 9.59 Å². The van der Waals surface area contributed by atoms with Gasteiger partial charge in [0.25, 0.3) is 0 Å². The number of aromatic nitrogens is 2. The number of imide groups is 1. The van der Waals surface area contributed by atoms with E-state index in [1.165, 1.54) is 6.07 Å². The van der Waals surface area contributed by atoms with E-state index in [-0.39, 0.29) is 56.8 Å². The molecular formula is C15H9Cl3N4O2. The third-order valence-corrected chi connectivity index (χ3v) is 4.95. The van der Waals surface area contributed by atoms with E-state index in [9.17, 15) is 14.9 Å². The largest absolute Gasteiger partial charge is 0.274 e. The van der Waals surface area contributed by atoms with Crippen molar-refractivity contribution in [2.45, 2.75) is 19.3 Å². The van der Waals surface area contributed by atoms with Gasteiger partial charge in [-0.3, -0.25) is 14.7 Å². The van der Waals surface area contributed by atoms with Crippen molar-refractivity contribution in [1.82, 2.24) is 10.2 Å². The molecule has 0 aliphatic carbocycles. The first-order valence-corrected chi connectivity index (χ1v) is 8.07. The molecule has 0 bridgehead atoms. The second-order valence-electron chi connectivity index (χ2n) is 5.11. The lowest BCUT2D eigenvalue weighted by Gasteiger charge is -2.22. The van der Waals surface area contributed by atoms with Crippen LogP contribution in [0.2, 0.25) is 15.1 Å². The highest BCUT2D eigenvalue weighted by atomic mass is 35.5. The van der Waals surface area contributed by atoms with Crippen LogP contribution in [0.1, 0.15) is 24.8 Å². The minimum absolute atomic E-state index is 0.0238. The fourth-order valence-electron chi connectivity index (χ4n) is 2.50. The van der Waals surface area contributed by atoms with Crippen LogP contribution in [0.3, 0.4) is 0 Å². The van der Waals surface area contributed by atoms with Crippen LogP contribution in [0.15, 0.2) is 12.1 Å². The fraction of sp³-hybridized carbons (Fsp3) is 0.200. The average molecular weight is 384 g/mol. The molecule has 1 aromatic carbocycles. The summed E-state index contributed by atoms with van der Waals surface area (Å²) in [4.78, 5) is 25.1. The summed E-state index contributed by atoms with van der Waals surface area (Å²) in [6, 6.07) is 5.08. The lowest BCUT2D eigenvalue weighted by atomic mass is 10.1. The van der Waals surface area contributed by atoms with Gasteiger partial charge in [-0.2, -0.15) is 10.4 Å². The molecule has 0 spiro atoms. The molecule has 1 aliphatic heterocycles. The lowest BCUT2D eigenvalue weighted by Crippen LogP contribution is -2.40. The highest BCUT2D eigenvalue weighted by molar-refractivity contribution is 6.49. The van der Waals surface area contributed by atoms with Gasteiger partial charge in [-0.15, -0.1) is 0 Å². The summed E-state index contributed by atoms with van der Waals surface area (Å²) in [6.07, 6.45) is 0.949. The number of nitriles is 1. The van der Waals surface area contributed by atoms with E-state index in [0.717, 1.165) is 4.90 Å². The van der Waals surface area contributed by atoms with Crippen molar-refractivity contribution in [3.63, 3.8) is 0 Å². The van der Waals surface area contributed by atoms with Crippen LogP contribution < -0.4 is 4.90 Å². The summed E-state index contributed by atoms with van der Waals surface area (Å²) < 4.78 is 0. The molecule has 1 N–H and O–H groups in total. The van der Waals surface area contributed by atoms with Crippen LogP contribution in [0.25, 0.3) is 11.3 Å². The minimum atomic E-state index is -0.388. The van der Waals surface area contributed by atoms with E-state index >= 15 is 0 Å². The number of anilines is 1. The number of halogens is 3. The molecule has 0 saturated carbocycles. The summed E-state index contributed by atoms with van der Waals surface area (Å²) in [5.41, 5.74) is 0.708. The maximum absolute atomic E-state index is 12.1. The summed E-state index contributed by atoms with van der Waals surface area (Å²) in [7, 11) is 0. The summed E-state index contributed by atoms with van der Waals surface area (Å²) in [5.74, 6) is -0.800. The summed E-state index contributed by atoms with van der Waals surface area (Å²) in [5, 5.41) is 16.7.